The van der Waals surface area contributed by atoms with Gasteiger partial charge < -0.3 is 10.2 Å². The summed E-state index contributed by atoms with van der Waals surface area (Å²) in [5.74, 6) is 0.514. The number of nitrogens with zero attached hydrogens (tertiary/aromatic N) is 3. The number of nitrogens with one attached hydrogen (secondary N) is 1. The van der Waals surface area contributed by atoms with Gasteiger partial charge in [0.15, 0.2) is 0 Å². The Morgan fingerprint density at radius 3 is 2.85 bits per heavy atom. The van der Waals surface area contributed by atoms with Crippen LogP contribution in [-0.4, -0.2) is 33.9 Å². The number of carbonyl (C=O) groups is 1. The lowest BCUT2D eigenvalue weighted by Crippen LogP contribution is -2.36. The average Bonchev–Trinajstić information content (AvgIpc) is 2.74. The maximum atomic E-state index is 12.9. The Hall–Kier alpha value is -2.69. The van der Waals surface area contributed by atoms with Gasteiger partial charge in [-0.15, -0.1) is 0 Å². The first-order chi connectivity index (χ1) is 13.3. The molecule has 1 aliphatic heterocycles. The van der Waals surface area contributed by atoms with E-state index in [1.54, 1.807) is 12.3 Å². The Labute approximate surface area is 160 Å². The molecule has 4 rings (SSSR count). The van der Waals surface area contributed by atoms with Crippen LogP contribution >= 0.6 is 0 Å². The van der Waals surface area contributed by atoms with E-state index in [0.29, 0.717) is 18.2 Å². The molecule has 140 valence electrons. The summed E-state index contributed by atoms with van der Waals surface area (Å²) in [6.45, 7) is 2.19. The molecule has 0 atom stereocenters. The van der Waals surface area contributed by atoms with Gasteiger partial charge in [0.05, 0.1) is 0 Å². The van der Waals surface area contributed by atoms with Crippen LogP contribution in [0.15, 0.2) is 48.2 Å². The predicted molar refractivity (Wildman–Crippen MR) is 107 cm³/mol. The van der Waals surface area contributed by atoms with Gasteiger partial charge >= 0.3 is 0 Å². The van der Waals surface area contributed by atoms with Crippen molar-refractivity contribution in [1.82, 2.24) is 14.9 Å². The fourth-order valence-corrected chi connectivity index (χ4v) is 3.86. The van der Waals surface area contributed by atoms with Crippen molar-refractivity contribution in [3.8, 4) is 0 Å². The molecule has 2 heterocycles. The minimum absolute atomic E-state index is 0.0232. The normalized spacial score (nSPS) is 16.4. The molecule has 0 unspecified atom stereocenters. The molecule has 1 aromatic carbocycles. The van der Waals surface area contributed by atoms with E-state index in [9.17, 15) is 4.79 Å². The van der Waals surface area contributed by atoms with Crippen molar-refractivity contribution in [1.29, 1.82) is 0 Å². The van der Waals surface area contributed by atoms with Crippen LogP contribution in [0.1, 0.15) is 53.7 Å². The highest BCUT2D eigenvalue weighted by Crippen LogP contribution is 2.21. The molecule has 1 N–H and O–H groups in total. The second kappa shape index (κ2) is 8.33. The zero-order chi connectivity index (χ0) is 18.5. The average molecular weight is 362 g/mol. The molecule has 0 saturated heterocycles. The van der Waals surface area contributed by atoms with E-state index < -0.39 is 0 Å². The summed E-state index contributed by atoms with van der Waals surface area (Å²) in [6.07, 6.45) is 11.0. The van der Waals surface area contributed by atoms with Crippen LogP contribution in [-0.2, 0) is 13.0 Å². The Kier molecular flexibility index (Phi) is 5.47. The molecule has 0 spiro atoms. The zero-order valence-corrected chi connectivity index (χ0v) is 15.7. The number of rotatable bonds is 5. The topological polar surface area (TPSA) is 58.1 Å². The van der Waals surface area contributed by atoms with E-state index in [2.05, 4.69) is 39.6 Å². The van der Waals surface area contributed by atoms with Crippen LogP contribution in [0.2, 0.25) is 0 Å². The summed E-state index contributed by atoms with van der Waals surface area (Å²) in [5, 5.41) is 3.27. The second-order valence-corrected chi connectivity index (χ2v) is 7.30. The standard InChI is InChI=1S/C22H26N4O/c27-21(26-15-12-18-8-4-5-9-19(18)16-26)20-11-14-24-22(25-20)23-13-10-17-6-2-1-3-7-17/h4-6,8-9,11,14H,1-3,7,10,12-13,15-16H2,(H,23,24,25). The number of amides is 1. The molecular weight excluding hydrogens is 336 g/mol. The molecule has 27 heavy (non-hydrogen) atoms. The van der Waals surface area contributed by atoms with Crippen LogP contribution in [0.5, 0.6) is 0 Å². The van der Waals surface area contributed by atoms with Crippen molar-refractivity contribution in [3.63, 3.8) is 0 Å². The number of allylic oxidation sites excluding steroid dienone is 1. The van der Waals surface area contributed by atoms with Crippen LogP contribution in [0.25, 0.3) is 0 Å². The maximum Gasteiger partial charge on any atom is 0.272 e. The molecule has 2 aromatic rings. The minimum atomic E-state index is -0.0232. The van der Waals surface area contributed by atoms with Gasteiger partial charge in [-0.3, -0.25) is 4.79 Å². The van der Waals surface area contributed by atoms with Crippen molar-refractivity contribution >= 4 is 11.9 Å². The third kappa shape index (κ3) is 4.35. The Morgan fingerprint density at radius 1 is 1.11 bits per heavy atom. The van der Waals surface area contributed by atoms with Gasteiger partial charge in [-0.25, -0.2) is 9.97 Å². The fraction of sp³-hybridized carbons (Fsp3) is 0.409. The van der Waals surface area contributed by atoms with E-state index in [1.165, 1.54) is 42.4 Å². The summed E-state index contributed by atoms with van der Waals surface area (Å²) >= 11 is 0. The lowest BCUT2D eigenvalue weighted by molar-refractivity contribution is 0.0728. The summed E-state index contributed by atoms with van der Waals surface area (Å²) < 4.78 is 0. The van der Waals surface area contributed by atoms with Crippen LogP contribution < -0.4 is 5.32 Å². The van der Waals surface area contributed by atoms with Gasteiger partial charge in [-0.05, 0) is 55.7 Å². The van der Waals surface area contributed by atoms with Gasteiger partial charge in [0, 0.05) is 25.8 Å². The molecule has 2 aliphatic rings. The van der Waals surface area contributed by atoms with E-state index in [-0.39, 0.29) is 5.91 Å². The summed E-state index contributed by atoms with van der Waals surface area (Å²) in [6, 6.07) is 10.0. The van der Waals surface area contributed by atoms with Crippen molar-refractivity contribution in [2.75, 3.05) is 18.4 Å². The zero-order valence-electron chi connectivity index (χ0n) is 15.7. The second-order valence-electron chi connectivity index (χ2n) is 7.30. The summed E-state index contributed by atoms with van der Waals surface area (Å²) in [5.41, 5.74) is 4.55. The van der Waals surface area contributed by atoms with Gasteiger partial charge in [-0.2, -0.15) is 0 Å². The van der Waals surface area contributed by atoms with Crippen LogP contribution in [0, 0.1) is 0 Å². The van der Waals surface area contributed by atoms with Gasteiger partial charge in [-0.1, -0.05) is 35.9 Å². The fourth-order valence-electron chi connectivity index (χ4n) is 3.86. The Balaban J connectivity index is 1.37. The molecule has 1 aliphatic carbocycles. The third-order valence-corrected chi connectivity index (χ3v) is 5.41. The molecule has 0 saturated carbocycles. The summed E-state index contributed by atoms with van der Waals surface area (Å²) in [7, 11) is 0. The first kappa shape index (κ1) is 17.7. The van der Waals surface area contributed by atoms with E-state index >= 15 is 0 Å². The predicted octanol–water partition coefficient (Wildman–Crippen LogP) is 3.98. The number of hydrogen-bond acceptors (Lipinski definition) is 4. The molecule has 5 nitrogen and oxygen atoms in total. The first-order valence-electron chi connectivity index (χ1n) is 9.90. The summed E-state index contributed by atoms with van der Waals surface area (Å²) in [4.78, 5) is 23.5. The molecule has 0 radical (unpaired) electrons. The minimum Gasteiger partial charge on any atom is -0.354 e. The SMILES string of the molecule is O=C(c1ccnc(NCCC2=CCCCC2)n1)N1CCc2ccccc2C1. The van der Waals surface area contributed by atoms with Crippen LogP contribution in [0.3, 0.4) is 0 Å². The quantitative estimate of drug-likeness (QED) is 0.818. The number of aromatic nitrogens is 2. The maximum absolute atomic E-state index is 12.9. The van der Waals surface area contributed by atoms with E-state index in [0.717, 1.165) is 25.9 Å². The Bertz CT molecular complexity index is 846. The molecule has 0 bridgehead atoms. The highest BCUT2D eigenvalue weighted by atomic mass is 16.2. The number of anilines is 1. The third-order valence-electron chi connectivity index (χ3n) is 5.41. The monoisotopic (exact) mass is 362 g/mol. The van der Waals surface area contributed by atoms with Crippen molar-refractivity contribution in [3.05, 3.63) is 65.0 Å². The largest absolute Gasteiger partial charge is 0.354 e. The number of carbonyl (C=O) groups excluding carboxylic acids is 1. The molecule has 1 aromatic heterocycles. The molecular formula is C22H26N4O. The highest BCUT2D eigenvalue weighted by molar-refractivity contribution is 5.92. The number of benzene rings is 1. The van der Waals surface area contributed by atoms with Gasteiger partial charge in [0.25, 0.3) is 5.91 Å². The van der Waals surface area contributed by atoms with E-state index in [1.807, 2.05) is 11.0 Å². The lowest BCUT2D eigenvalue weighted by atomic mass is 9.97. The van der Waals surface area contributed by atoms with Gasteiger partial charge in [0.2, 0.25) is 5.95 Å². The number of fused-ring (bicyclic) bond motifs is 1. The molecule has 5 heteroatoms. The lowest BCUT2D eigenvalue weighted by Gasteiger charge is -2.28. The first-order valence-corrected chi connectivity index (χ1v) is 9.90. The van der Waals surface area contributed by atoms with Gasteiger partial charge in [0.1, 0.15) is 5.69 Å². The molecule has 1 amide bonds. The highest BCUT2D eigenvalue weighted by Gasteiger charge is 2.22. The smallest absolute Gasteiger partial charge is 0.272 e. The Morgan fingerprint density at radius 2 is 2.00 bits per heavy atom. The van der Waals surface area contributed by atoms with E-state index in [4.69, 9.17) is 0 Å². The number of hydrogen-bond donors (Lipinski definition) is 1. The molecule has 0 fully saturated rings. The van der Waals surface area contributed by atoms with Crippen molar-refractivity contribution < 1.29 is 4.79 Å². The van der Waals surface area contributed by atoms with Crippen LogP contribution in [0.4, 0.5) is 5.95 Å². The van der Waals surface area contributed by atoms with Crippen molar-refractivity contribution in [2.45, 2.75) is 45.1 Å². The van der Waals surface area contributed by atoms with Crippen molar-refractivity contribution in [2.24, 2.45) is 0 Å².